The van der Waals surface area contributed by atoms with Gasteiger partial charge in [0.25, 0.3) is 11.4 Å². The van der Waals surface area contributed by atoms with Crippen LogP contribution in [0.3, 0.4) is 0 Å². The van der Waals surface area contributed by atoms with Gasteiger partial charge in [0.15, 0.2) is 0 Å². The number of non-ortho nitro benzene ring substituents is 2. The number of hydrogen-bond acceptors (Lipinski definition) is 4. The highest BCUT2D eigenvalue weighted by Gasteiger charge is 2.16. The normalized spacial score (nSPS) is 10.6. The van der Waals surface area contributed by atoms with Crippen LogP contribution in [0.1, 0.15) is 17.0 Å². The molecule has 2 rings (SSSR count). The minimum Gasteiger partial charge on any atom is -0.258 e. The van der Waals surface area contributed by atoms with Crippen molar-refractivity contribution in [1.29, 1.82) is 0 Å². The maximum Gasteiger partial charge on any atom is 0.269 e. The van der Waals surface area contributed by atoms with E-state index in [0.717, 1.165) is 0 Å². The Morgan fingerprint density at radius 1 is 0.810 bits per heavy atom. The van der Waals surface area contributed by atoms with E-state index in [1.807, 2.05) is 0 Å². The lowest BCUT2D eigenvalue weighted by Gasteiger charge is -2.13. The Bertz CT molecular complexity index is 598. The Morgan fingerprint density at radius 2 is 1.14 bits per heavy atom. The molecule has 0 saturated carbocycles. The quantitative estimate of drug-likeness (QED) is 0.621. The van der Waals surface area contributed by atoms with E-state index < -0.39 is 22.4 Å². The van der Waals surface area contributed by atoms with Gasteiger partial charge in [0.1, 0.15) is 6.67 Å². The van der Waals surface area contributed by atoms with Gasteiger partial charge in [-0.05, 0) is 11.1 Å². The first-order chi connectivity index (χ1) is 10.0. The summed E-state index contributed by atoms with van der Waals surface area (Å²) in [5.41, 5.74) is 1.02. The second kappa shape index (κ2) is 6.08. The molecule has 0 unspecified atom stereocenters. The standard InChI is InChI=1S/C14H11FN2O4/c15-9-14(10-1-5-12(6-2-10)16(18)19)11-3-7-13(8-4-11)17(20)21/h1-8,14H,9H2. The average Bonchev–Trinajstić information content (AvgIpc) is 2.49. The van der Waals surface area contributed by atoms with E-state index in [4.69, 9.17) is 0 Å². The van der Waals surface area contributed by atoms with Crippen molar-refractivity contribution in [3.8, 4) is 0 Å². The second-order valence-corrected chi connectivity index (χ2v) is 4.40. The van der Waals surface area contributed by atoms with Crippen LogP contribution in [0.5, 0.6) is 0 Å². The summed E-state index contributed by atoms with van der Waals surface area (Å²) >= 11 is 0. The van der Waals surface area contributed by atoms with Gasteiger partial charge in [0.2, 0.25) is 0 Å². The lowest BCUT2D eigenvalue weighted by atomic mass is 9.92. The first-order valence-corrected chi connectivity index (χ1v) is 6.07. The number of alkyl halides is 1. The molecule has 0 heterocycles. The first kappa shape index (κ1) is 14.6. The average molecular weight is 290 g/mol. The summed E-state index contributed by atoms with van der Waals surface area (Å²) in [4.78, 5) is 20.1. The zero-order chi connectivity index (χ0) is 15.4. The molecule has 0 spiro atoms. The van der Waals surface area contributed by atoms with E-state index in [0.29, 0.717) is 11.1 Å². The molecular formula is C14H11FN2O4. The highest BCUT2D eigenvalue weighted by molar-refractivity contribution is 5.41. The molecule has 0 atom stereocenters. The molecule has 0 aliphatic heterocycles. The summed E-state index contributed by atoms with van der Waals surface area (Å²) < 4.78 is 13.3. The molecule has 2 aromatic carbocycles. The second-order valence-electron chi connectivity index (χ2n) is 4.40. The number of rotatable bonds is 5. The van der Waals surface area contributed by atoms with Crippen LogP contribution in [0.15, 0.2) is 48.5 Å². The van der Waals surface area contributed by atoms with Gasteiger partial charge in [-0.25, -0.2) is 0 Å². The first-order valence-electron chi connectivity index (χ1n) is 6.07. The number of hydrogen-bond donors (Lipinski definition) is 0. The molecule has 6 nitrogen and oxygen atoms in total. The van der Waals surface area contributed by atoms with Crippen LogP contribution in [0.25, 0.3) is 0 Å². The Hall–Kier alpha value is -2.83. The summed E-state index contributed by atoms with van der Waals surface area (Å²) in [7, 11) is 0. The molecular weight excluding hydrogens is 279 g/mol. The van der Waals surface area contributed by atoms with Crippen molar-refractivity contribution in [2.75, 3.05) is 6.67 Å². The van der Waals surface area contributed by atoms with Crippen molar-refractivity contribution in [3.05, 3.63) is 79.9 Å². The van der Waals surface area contributed by atoms with Crippen molar-refractivity contribution in [1.82, 2.24) is 0 Å². The van der Waals surface area contributed by atoms with Crippen LogP contribution in [0.2, 0.25) is 0 Å². The largest absolute Gasteiger partial charge is 0.269 e. The summed E-state index contributed by atoms with van der Waals surface area (Å²) in [6.45, 7) is -0.699. The Balaban J connectivity index is 2.30. The Labute approximate surface area is 119 Å². The van der Waals surface area contributed by atoms with Crippen LogP contribution in [0.4, 0.5) is 15.8 Å². The molecule has 21 heavy (non-hydrogen) atoms. The van der Waals surface area contributed by atoms with Gasteiger partial charge in [0, 0.05) is 30.2 Å². The van der Waals surface area contributed by atoms with Crippen molar-refractivity contribution < 1.29 is 14.2 Å². The lowest BCUT2D eigenvalue weighted by molar-refractivity contribution is -0.385. The third kappa shape index (κ3) is 3.19. The molecule has 0 bridgehead atoms. The predicted octanol–water partition coefficient (Wildman–Crippen LogP) is 3.60. The van der Waals surface area contributed by atoms with Crippen molar-refractivity contribution in [3.63, 3.8) is 0 Å². The van der Waals surface area contributed by atoms with Crippen LogP contribution in [0, 0.1) is 20.2 Å². The third-order valence-electron chi connectivity index (χ3n) is 3.17. The molecule has 0 saturated heterocycles. The predicted molar refractivity (Wildman–Crippen MR) is 74.0 cm³/mol. The Kier molecular flexibility index (Phi) is 4.22. The number of benzene rings is 2. The van der Waals surface area contributed by atoms with E-state index in [2.05, 4.69) is 0 Å². The highest BCUT2D eigenvalue weighted by atomic mass is 19.1. The van der Waals surface area contributed by atoms with Crippen molar-refractivity contribution in [2.45, 2.75) is 5.92 Å². The molecule has 7 heteroatoms. The minimum absolute atomic E-state index is 0.0694. The number of nitrogens with zero attached hydrogens (tertiary/aromatic N) is 2. The molecule has 108 valence electrons. The van der Waals surface area contributed by atoms with Crippen LogP contribution < -0.4 is 0 Å². The zero-order valence-corrected chi connectivity index (χ0v) is 10.8. The van der Waals surface area contributed by atoms with Gasteiger partial charge >= 0.3 is 0 Å². The highest BCUT2D eigenvalue weighted by Crippen LogP contribution is 2.28. The summed E-state index contributed by atoms with van der Waals surface area (Å²) in [6.07, 6.45) is 0. The van der Waals surface area contributed by atoms with E-state index >= 15 is 0 Å². The third-order valence-corrected chi connectivity index (χ3v) is 3.17. The minimum atomic E-state index is -0.699. The van der Waals surface area contributed by atoms with Gasteiger partial charge < -0.3 is 0 Å². The molecule has 0 aromatic heterocycles. The van der Waals surface area contributed by atoms with Gasteiger partial charge in [-0.15, -0.1) is 0 Å². The fourth-order valence-corrected chi connectivity index (χ4v) is 2.03. The van der Waals surface area contributed by atoms with Crippen LogP contribution in [-0.2, 0) is 0 Å². The van der Waals surface area contributed by atoms with E-state index in [1.54, 1.807) is 0 Å². The molecule has 0 fully saturated rings. The molecule has 0 aliphatic carbocycles. The van der Waals surface area contributed by atoms with E-state index in [9.17, 15) is 24.6 Å². The fraction of sp³-hybridized carbons (Fsp3) is 0.143. The lowest BCUT2D eigenvalue weighted by Crippen LogP contribution is -2.03. The Morgan fingerprint density at radius 3 is 1.38 bits per heavy atom. The van der Waals surface area contributed by atoms with Gasteiger partial charge in [-0.2, -0.15) is 0 Å². The molecule has 2 aromatic rings. The number of halogens is 1. The molecule has 0 aliphatic rings. The number of nitro benzene ring substituents is 2. The van der Waals surface area contributed by atoms with Gasteiger partial charge in [-0.1, -0.05) is 24.3 Å². The zero-order valence-electron chi connectivity index (χ0n) is 10.8. The van der Waals surface area contributed by atoms with Crippen LogP contribution in [-0.4, -0.2) is 16.5 Å². The summed E-state index contributed by atoms with van der Waals surface area (Å²) in [6, 6.07) is 11.2. The van der Waals surface area contributed by atoms with Crippen molar-refractivity contribution in [2.24, 2.45) is 0 Å². The van der Waals surface area contributed by atoms with E-state index in [-0.39, 0.29) is 11.4 Å². The smallest absolute Gasteiger partial charge is 0.258 e. The molecule has 0 amide bonds. The van der Waals surface area contributed by atoms with E-state index in [1.165, 1.54) is 48.5 Å². The van der Waals surface area contributed by atoms with Crippen molar-refractivity contribution >= 4 is 11.4 Å². The molecule has 0 radical (unpaired) electrons. The topological polar surface area (TPSA) is 86.3 Å². The molecule has 0 N–H and O–H groups in total. The maximum absolute atomic E-state index is 13.3. The summed E-state index contributed by atoms with van der Waals surface area (Å²) in [5, 5.41) is 21.2. The fourth-order valence-electron chi connectivity index (χ4n) is 2.03. The SMILES string of the molecule is O=[N+]([O-])c1ccc(C(CF)c2ccc([N+](=O)[O-])cc2)cc1. The number of nitro groups is 2. The van der Waals surface area contributed by atoms with Gasteiger partial charge in [0.05, 0.1) is 9.85 Å². The summed E-state index contributed by atoms with van der Waals surface area (Å²) in [5.74, 6) is -0.605. The monoisotopic (exact) mass is 290 g/mol. The van der Waals surface area contributed by atoms with Crippen LogP contribution >= 0.6 is 0 Å². The maximum atomic E-state index is 13.3. The van der Waals surface area contributed by atoms with Gasteiger partial charge in [-0.3, -0.25) is 24.6 Å².